The molecule has 1 aliphatic rings. The van der Waals surface area contributed by atoms with Gasteiger partial charge in [0, 0.05) is 19.8 Å². The lowest BCUT2D eigenvalue weighted by Crippen LogP contribution is -2.25. The zero-order valence-electron chi connectivity index (χ0n) is 14.7. The maximum absolute atomic E-state index is 5.88. The molecule has 0 spiro atoms. The lowest BCUT2D eigenvalue weighted by Gasteiger charge is -2.26. The minimum absolute atomic E-state index is 0.0299. The zero-order valence-corrected chi connectivity index (χ0v) is 14.7. The summed E-state index contributed by atoms with van der Waals surface area (Å²) in [6.07, 6.45) is 9.43. The fourth-order valence-corrected chi connectivity index (χ4v) is 2.71. The number of hydrogen-bond donors (Lipinski definition) is 0. The first-order valence-electron chi connectivity index (χ1n) is 8.90. The van der Waals surface area contributed by atoms with Crippen LogP contribution in [0, 0.1) is 5.92 Å². The molecule has 0 aromatic heterocycles. The van der Waals surface area contributed by atoms with Crippen molar-refractivity contribution < 1.29 is 14.2 Å². The molecule has 0 aliphatic carbocycles. The van der Waals surface area contributed by atoms with Crippen molar-refractivity contribution in [2.45, 2.75) is 91.0 Å². The number of rotatable bonds is 11. The van der Waals surface area contributed by atoms with E-state index in [9.17, 15) is 0 Å². The van der Waals surface area contributed by atoms with Crippen LogP contribution in [0.2, 0.25) is 0 Å². The van der Waals surface area contributed by atoms with Crippen molar-refractivity contribution in [1.29, 1.82) is 0 Å². The SMILES string of the molecule is CCCOC(C)(C)CCCC(C)CCOC1CCCCO1. The van der Waals surface area contributed by atoms with Crippen molar-refractivity contribution >= 4 is 0 Å². The van der Waals surface area contributed by atoms with E-state index in [1.54, 1.807) is 0 Å². The molecule has 0 aromatic carbocycles. The van der Waals surface area contributed by atoms with E-state index in [0.717, 1.165) is 51.4 Å². The maximum atomic E-state index is 5.88. The van der Waals surface area contributed by atoms with Crippen molar-refractivity contribution in [3.63, 3.8) is 0 Å². The van der Waals surface area contributed by atoms with Gasteiger partial charge < -0.3 is 14.2 Å². The molecule has 126 valence electrons. The highest BCUT2D eigenvalue weighted by Gasteiger charge is 2.18. The highest BCUT2D eigenvalue weighted by Crippen LogP contribution is 2.22. The summed E-state index contributed by atoms with van der Waals surface area (Å²) in [5.41, 5.74) is 0.0299. The minimum Gasteiger partial charge on any atom is -0.376 e. The average molecular weight is 300 g/mol. The average Bonchev–Trinajstić information content (AvgIpc) is 2.46. The summed E-state index contributed by atoms with van der Waals surface area (Å²) in [6.45, 7) is 11.5. The molecule has 2 unspecified atom stereocenters. The van der Waals surface area contributed by atoms with Gasteiger partial charge in [-0.15, -0.1) is 0 Å². The Labute approximate surface area is 131 Å². The summed E-state index contributed by atoms with van der Waals surface area (Å²) in [6, 6.07) is 0. The van der Waals surface area contributed by atoms with Crippen LogP contribution in [-0.4, -0.2) is 31.7 Å². The van der Waals surface area contributed by atoms with Crippen molar-refractivity contribution in [2.24, 2.45) is 5.92 Å². The molecule has 1 saturated heterocycles. The van der Waals surface area contributed by atoms with E-state index in [-0.39, 0.29) is 11.9 Å². The molecule has 0 amide bonds. The van der Waals surface area contributed by atoms with Gasteiger partial charge in [0.15, 0.2) is 6.29 Å². The lowest BCUT2D eigenvalue weighted by atomic mass is 9.95. The van der Waals surface area contributed by atoms with E-state index in [0.29, 0.717) is 0 Å². The van der Waals surface area contributed by atoms with Crippen molar-refractivity contribution in [1.82, 2.24) is 0 Å². The second-order valence-electron chi connectivity index (χ2n) is 7.06. The molecule has 2 atom stereocenters. The molecule has 0 bridgehead atoms. The van der Waals surface area contributed by atoms with Crippen LogP contribution < -0.4 is 0 Å². The smallest absolute Gasteiger partial charge is 0.157 e. The Kier molecular flexibility index (Phi) is 9.54. The second-order valence-corrected chi connectivity index (χ2v) is 7.06. The van der Waals surface area contributed by atoms with Crippen molar-refractivity contribution in [2.75, 3.05) is 19.8 Å². The molecule has 21 heavy (non-hydrogen) atoms. The van der Waals surface area contributed by atoms with Crippen LogP contribution >= 0.6 is 0 Å². The number of hydrogen-bond acceptors (Lipinski definition) is 3. The van der Waals surface area contributed by atoms with Gasteiger partial charge in [0.25, 0.3) is 0 Å². The summed E-state index contributed by atoms with van der Waals surface area (Å²) in [5, 5.41) is 0. The standard InChI is InChI=1S/C18H36O3/c1-5-13-21-18(3,4)12-8-9-16(2)11-15-20-17-10-6-7-14-19-17/h16-17H,5-15H2,1-4H3. The molecular weight excluding hydrogens is 264 g/mol. The fourth-order valence-electron chi connectivity index (χ4n) is 2.71. The summed E-state index contributed by atoms with van der Waals surface area (Å²) >= 11 is 0. The van der Waals surface area contributed by atoms with Crippen LogP contribution in [0.3, 0.4) is 0 Å². The monoisotopic (exact) mass is 300 g/mol. The third-order valence-electron chi connectivity index (χ3n) is 4.22. The molecular formula is C18H36O3. The Hall–Kier alpha value is -0.120. The minimum atomic E-state index is 0.0299. The molecule has 0 N–H and O–H groups in total. The van der Waals surface area contributed by atoms with Crippen molar-refractivity contribution in [3.05, 3.63) is 0 Å². The van der Waals surface area contributed by atoms with Gasteiger partial charge in [-0.2, -0.15) is 0 Å². The van der Waals surface area contributed by atoms with E-state index in [1.165, 1.54) is 25.7 Å². The van der Waals surface area contributed by atoms with Crippen LogP contribution in [0.5, 0.6) is 0 Å². The van der Waals surface area contributed by atoms with Crippen LogP contribution in [0.1, 0.15) is 79.1 Å². The van der Waals surface area contributed by atoms with Crippen LogP contribution in [0.15, 0.2) is 0 Å². The molecule has 0 saturated carbocycles. The Morgan fingerprint density at radius 3 is 2.67 bits per heavy atom. The third-order valence-corrected chi connectivity index (χ3v) is 4.22. The van der Waals surface area contributed by atoms with Gasteiger partial charge in [0.2, 0.25) is 0 Å². The highest BCUT2D eigenvalue weighted by atomic mass is 16.7. The first-order valence-corrected chi connectivity index (χ1v) is 8.90. The van der Waals surface area contributed by atoms with Gasteiger partial charge in [-0.1, -0.05) is 26.7 Å². The quantitative estimate of drug-likeness (QED) is 0.541. The second kappa shape index (κ2) is 10.6. The molecule has 1 fully saturated rings. The number of ether oxygens (including phenoxy) is 3. The molecule has 1 heterocycles. The highest BCUT2D eigenvalue weighted by molar-refractivity contribution is 4.69. The largest absolute Gasteiger partial charge is 0.376 e. The summed E-state index contributed by atoms with van der Waals surface area (Å²) in [4.78, 5) is 0. The van der Waals surface area contributed by atoms with Crippen molar-refractivity contribution in [3.8, 4) is 0 Å². The molecule has 3 nitrogen and oxygen atoms in total. The Morgan fingerprint density at radius 1 is 1.19 bits per heavy atom. The predicted molar refractivity (Wildman–Crippen MR) is 87.5 cm³/mol. The van der Waals surface area contributed by atoms with Gasteiger partial charge in [-0.05, 0) is 58.3 Å². The Balaban J connectivity index is 2.01. The van der Waals surface area contributed by atoms with E-state index in [2.05, 4.69) is 27.7 Å². The summed E-state index contributed by atoms with van der Waals surface area (Å²) in [7, 11) is 0. The zero-order chi connectivity index (χ0) is 15.6. The molecule has 0 radical (unpaired) electrons. The summed E-state index contributed by atoms with van der Waals surface area (Å²) in [5.74, 6) is 0.718. The van der Waals surface area contributed by atoms with E-state index < -0.39 is 0 Å². The van der Waals surface area contributed by atoms with E-state index in [4.69, 9.17) is 14.2 Å². The fraction of sp³-hybridized carbons (Fsp3) is 1.00. The van der Waals surface area contributed by atoms with Crippen LogP contribution in [-0.2, 0) is 14.2 Å². The van der Waals surface area contributed by atoms with Gasteiger partial charge in [-0.25, -0.2) is 0 Å². The van der Waals surface area contributed by atoms with Gasteiger partial charge in [0.1, 0.15) is 0 Å². The van der Waals surface area contributed by atoms with Gasteiger partial charge >= 0.3 is 0 Å². The lowest BCUT2D eigenvalue weighted by molar-refractivity contribution is -0.164. The molecule has 0 aromatic rings. The molecule has 1 rings (SSSR count). The Bertz CT molecular complexity index is 247. The maximum Gasteiger partial charge on any atom is 0.157 e. The first kappa shape index (κ1) is 18.9. The van der Waals surface area contributed by atoms with Crippen LogP contribution in [0.4, 0.5) is 0 Å². The van der Waals surface area contributed by atoms with E-state index >= 15 is 0 Å². The topological polar surface area (TPSA) is 27.7 Å². The summed E-state index contributed by atoms with van der Waals surface area (Å²) < 4.78 is 17.3. The van der Waals surface area contributed by atoms with Crippen LogP contribution in [0.25, 0.3) is 0 Å². The molecule has 1 aliphatic heterocycles. The third kappa shape index (κ3) is 9.49. The van der Waals surface area contributed by atoms with E-state index in [1.807, 2.05) is 0 Å². The van der Waals surface area contributed by atoms with Gasteiger partial charge in [0.05, 0.1) is 5.60 Å². The Morgan fingerprint density at radius 2 is 2.00 bits per heavy atom. The molecule has 3 heteroatoms. The first-order chi connectivity index (χ1) is 10.0. The normalized spacial score (nSPS) is 21.4. The van der Waals surface area contributed by atoms with Gasteiger partial charge in [-0.3, -0.25) is 0 Å². The predicted octanol–water partition coefficient (Wildman–Crippen LogP) is 4.93.